The number of piperidine rings is 1. The number of halogens is 1. The Morgan fingerprint density at radius 1 is 1.33 bits per heavy atom. The van der Waals surface area contributed by atoms with Crippen LogP contribution in [0.15, 0.2) is 17.5 Å². The summed E-state index contributed by atoms with van der Waals surface area (Å²) in [6.07, 6.45) is 7.50. The third kappa shape index (κ3) is 6.37. The molecule has 1 aromatic rings. The Morgan fingerprint density at radius 3 is 2.71 bits per heavy atom. The van der Waals surface area contributed by atoms with Crippen LogP contribution < -0.4 is 5.32 Å². The Labute approximate surface area is 138 Å². The summed E-state index contributed by atoms with van der Waals surface area (Å²) in [6.45, 7) is 1.86. The maximum atomic E-state index is 12.1. The van der Waals surface area contributed by atoms with E-state index in [1.165, 1.54) is 17.7 Å². The quantitative estimate of drug-likeness (QED) is 0.776. The minimum Gasteiger partial charge on any atom is -0.343 e. The molecular weight excluding hydrogens is 304 g/mol. The van der Waals surface area contributed by atoms with Crippen molar-refractivity contribution in [1.82, 2.24) is 10.2 Å². The highest BCUT2D eigenvalue weighted by molar-refractivity contribution is 7.09. The van der Waals surface area contributed by atoms with E-state index in [9.17, 15) is 4.79 Å². The average Bonchev–Trinajstić information content (AvgIpc) is 3.00. The van der Waals surface area contributed by atoms with Gasteiger partial charge in [0.2, 0.25) is 5.91 Å². The van der Waals surface area contributed by atoms with Gasteiger partial charge in [0.15, 0.2) is 0 Å². The van der Waals surface area contributed by atoms with E-state index in [2.05, 4.69) is 22.8 Å². The molecule has 0 bridgehead atoms. The van der Waals surface area contributed by atoms with Crippen LogP contribution in [0.2, 0.25) is 0 Å². The van der Waals surface area contributed by atoms with Gasteiger partial charge in [0, 0.05) is 30.4 Å². The molecule has 1 aliphatic rings. The molecule has 1 N–H and O–H groups in total. The van der Waals surface area contributed by atoms with E-state index in [1.54, 1.807) is 0 Å². The van der Waals surface area contributed by atoms with Crippen molar-refractivity contribution in [2.24, 2.45) is 0 Å². The molecule has 3 nitrogen and oxygen atoms in total. The summed E-state index contributed by atoms with van der Waals surface area (Å²) in [6, 6.07) is 4.91. The van der Waals surface area contributed by atoms with Crippen molar-refractivity contribution in [2.45, 2.75) is 51.0 Å². The van der Waals surface area contributed by atoms with Crippen molar-refractivity contribution in [3.8, 4) is 0 Å². The van der Waals surface area contributed by atoms with Crippen molar-refractivity contribution in [3.05, 3.63) is 22.4 Å². The molecule has 1 aliphatic heterocycles. The second kappa shape index (κ2) is 10.2. The number of carbonyl (C=O) groups is 1. The molecule has 2 rings (SSSR count). The van der Waals surface area contributed by atoms with Crippen molar-refractivity contribution in [2.75, 3.05) is 20.1 Å². The van der Waals surface area contributed by atoms with Crippen molar-refractivity contribution >= 4 is 29.7 Å². The number of hydrogen-bond donors (Lipinski definition) is 1. The van der Waals surface area contributed by atoms with Gasteiger partial charge in [-0.2, -0.15) is 0 Å². The third-order valence-electron chi connectivity index (χ3n) is 4.15. The van der Waals surface area contributed by atoms with E-state index in [1.807, 2.05) is 23.3 Å². The highest BCUT2D eigenvalue weighted by Gasteiger charge is 2.20. The molecule has 1 aromatic heterocycles. The topological polar surface area (TPSA) is 32.3 Å². The third-order valence-corrected chi connectivity index (χ3v) is 5.09. The molecule has 120 valence electrons. The molecule has 1 saturated heterocycles. The molecule has 0 aromatic carbocycles. The van der Waals surface area contributed by atoms with E-state index < -0.39 is 0 Å². The van der Waals surface area contributed by atoms with Gasteiger partial charge in [-0.1, -0.05) is 12.5 Å². The van der Waals surface area contributed by atoms with Crippen molar-refractivity contribution in [3.63, 3.8) is 0 Å². The molecule has 0 spiro atoms. The highest BCUT2D eigenvalue weighted by atomic mass is 35.5. The first-order valence-electron chi connectivity index (χ1n) is 7.77. The lowest BCUT2D eigenvalue weighted by atomic mass is 10.0. The van der Waals surface area contributed by atoms with Gasteiger partial charge in [0.05, 0.1) is 0 Å². The van der Waals surface area contributed by atoms with Crippen LogP contribution in [-0.4, -0.2) is 37.0 Å². The van der Waals surface area contributed by atoms with Crippen molar-refractivity contribution in [1.29, 1.82) is 0 Å². The SMILES string of the molecule is CNC1CCN(C(=O)CCCCCc2cccs2)CC1.Cl. The first-order valence-corrected chi connectivity index (χ1v) is 8.65. The predicted molar refractivity (Wildman–Crippen MR) is 92.4 cm³/mol. The summed E-state index contributed by atoms with van der Waals surface area (Å²) in [5.74, 6) is 0.357. The largest absolute Gasteiger partial charge is 0.343 e. The van der Waals surface area contributed by atoms with E-state index in [-0.39, 0.29) is 12.4 Å². The first kappa shape index (κ1) is 18.5. The van der Waals surface area contributed by atoms with Gasteiger partial charge in [-0.3, -0.25) is 4.79 Å². The van der Waals surface area contributed by atoms with Crippen LogP contribution >= 0.6 is 23.7 Å². The minimum absolute atomic E-state index is 0. The summed E-state index contributed by atoms with van der Waals surface area (Å²) in [4.78, 5) is 15.6. The summed E-state index contributed by atoms with van der Waals surface area (Å²) in [5, 5.41) is 5.43. The zero-order valence-electron chi connectivity index (χ0n) is 12.8. The molecule has 2 heterocycles. The predicted octanol–water partition coefficient (Wildman–Crippen LogP) is 3.48. The van der Waals surface area contributed by atoms with Crippen LogP contribution in [0.25, 0.3) is 0 Å². The lowest BCUT2D eigenvalue weighted by molar-refractivity contribution is -0.132. The van der Waals surface area contributed by atoms with E-state index in [0.29, 0.717) is 11.9 Å². The van der Waals surface area contributed by atoms with Gasteiger partial charge in [0.25, 0.3) is 0 Å². The first-order chi connectivity index (χ1) is 9.79. The molecule has 0 atom stereocenters. The number of amides is 1. The number of nitrogens with zero attached hydrogens (tertiary/aromatic N) is 1. The summed E-state index contributed by atoms with van der Waals surface area (Å²) >= 11 is 1.83. The summed E-state index contributed by atoms with van der Waals surface area (Å²) < 4.78 is 0. The molecule has 0 aliphatic carbocycles. The number of aryl methyl sites for hydroxylation is 1. The van der Waals surface area contributed by atoms with Crippen LogP contribution in [0, 0.1) is 0 Å². The zero-order valence-corrected chi connectivity index (χ0v) is 14.5. The number of thiophene rings is 1. The standard InChI is InChI=1S/C16H26N2OS.ClH/c1-17-14-9-11-18(12-10-14)16(19)8-4-2-3-6-15-7-5-13-20-15;/h5,7,13-14,17H,2-4,6,8-12H2,1H3;1H. The fourth-order valence-electron chi connectivity index (χ4n) is 2.78. The lowest BCUT2D eigenvalue weighted by Crippen LogP contribution is -2.43. The maximum absolute atomic E-state index is 12.1. The van der Waals surface area contributed by atoms with Crippen LogP contribution in [0.1, 0.15) is 43.4 Å². The fraction of sp³-hybridized carbons (Fsp3) is 0.688. The van der Waals surface area contributed by atoms with E-state index in [4.69, 9.17) is 0 Å². The number of unbranched alkanes of at least 4 members (excludes halogenated alkanes) is 2. The number of rotatable bonds is 7. The van der Waals surface area contributed by atoms with Crippen molar-refractivity contribution < 1.29 is 4.79 Å². The Kier molecular flexibility index (Phi) is 8.97. The van der Waals surface area contributed by atoms with Gasteiger partial charge in [-0.25, -0.2) is 0 Å². The fourth-order valence-corrected chi connectivity index (χ4v) is 3.53. The Morgan fingerprint density at radius 2 is 2.10 bits per heavy atom. The van der Waals surface area contributed by atoms with Gasteiger partial charge >= 0.3 is 0 Å². The Hall–Kier alpha value is -0.580. The molecular formula is C16H27ClN2OS. The van der Waals surface area contributed by atoms with Crippen LogP contribution in [0.5, 0.6) is 0 Å². The van der Waals surface area contributed by atoms with Gasteiger partial charge in [-0.15, -0.1) is 23.7 Å². The lowest BCUT2D eigenvalue weighted by Gasteiger charge is -2.31. The highest BCUT2D eigenvalue weighted by Crippen LogP contribution is 2.15. The van der Waals surface area contributed by atoms with E-state index >= 15 is 0 Å². The molecule has 0 saturated carbocycles. The van der Waals surface area contributed by atoms with Gasteiger partial charge < -0.3 is 10.2 Å². The Bertz CT molecular complexity index is 389. The second-order valence-corrected chi connectivity index (χ2v) is 6.62. The van der Waals surface area contributed by atoms with Crippen LogP contribution in [0.3, 0.4) is 0 Å². The summed E-state index contributed by atoms with van der Waals surface area (Å²) in [7, 11) is 2.01. The van der Waals surface area contributed by atoms with Crippen LogP contribution in [-0.2, 0) is 11.2 Å². The number of nitrogens with one attached hydrogen (secondary N) is 1. The molecule has 1 amide bonds. The Balaban J connectivity index is 0.00000220. The monoisotopic (exact) mass is 330 g/mol. The molecule has 21 heavy (non-hydrogen) atoms. The summed E-state index contributed by atoms with van der Waals surface area (Å²) in [5.41, 5.74) is 0. The number of hydrogen-bond acceptors (Lipinski definition) is 3. The molecule has 0 unspecified atom stereocenters. The minimum atomic E-state index is 0. The smallest absolute Gasteiger partial charge is 0.222 e. The average molecular weight is 331 g/mol. The zero-order chi connectivity index (χ0) is 14.2. The van der Waals surface area contributed by atoms with Crippen LogP contribution in [0.4, 0.5) is 0 Å². The number of likely N-dealkylation sites (tertiary alicyclic amines) is 1. The molecule has 1 fully saturated rings. The second-order valence-electron chi connectivity index (χ2n) is 5.58. The normalized spacial score (nSPS) is 15.8. The number of carbonyl (C=O) groups excluding carboxylic acids is 1. The van der Waals surface area contributed by atoms with Gasteiger partial charge in [-0.05, 0) is 50.6 Å². The molecule has 0 radical (unpaired) electrons. The molecule has 5 heteroatoms. The van der Waals surface area contributed by atoms with E-state index in [0.717, 1.165) is 45.2 Å². The van der Waals surface area contributed by atoms with Gasteiger partial charge in [0.1, 0.15) is 0 Å². The maximum Gasteiger partial charge on any atom is 0.222 e.